The molecule has 4 heteroatoms. The molecule has 0 saturated carbocycles. The van der Waals surface area contributed by atoms with Gasteiger partial charge in [0, 0.05) is 5.92 Å². The van der Waals surface area contributed by atoms with E-state index >= 15 is 0 Å². The van der Waals surface area contributed by atoms with Gasteiger partial charge in [-0.1, -0.05) is 110 Å². The molecule has 4 aromatic rings. The molecule has 0 aromatic heterocycles. The van der Waals surface area contributed by atoms with Gasteiger partial charge in [0.1, 0.15) is 10.6 Å². The van der Waals surface area contributed by atoms with Crippen LogP contribution in [0.3, 0.4) is 0 Å². The summed E-state index contributed by atoms with van der Waals surface area (Å²) in [6.07, 6.45) is 8.87. The lowest BCUT2D eigenvalue weighted by Gasteiger charge is -2.21. The summed E-state index contributed by atoms with van der Waals surface area (Å²) in [5.74, 6) is 0.235. The molecule has 204 valence electrons. The zero-order valence-electron chi connectivity index (χ0n) is 23.1. The fourth-order valence-corrected chi connectivity index (χ4v) is 6.78. The first-order valence-electron chi connectivity index (χ1n) is 14.1. The Labute approximate surface area is 234 Å². The van der Waals surface area contributed by atoms with Gasteiger partial charge in [0.2, 0.25) is 9.84 Å². The van der Waals surface area contributed by atoms with E-state index in [1.165, 1.54) is 54.0 Å². The molecule has 0 fully saturated rings. The van der Waals surface area contributed by atoms with Crippen LogP contribution in [0.15, 0.2) is 107 Å². The lowest BCUT2D eigenvalue weighted by molar-refractivity contribution is 0.458. The highest BCUT2D eigenvalue weighted by Gasteiger charge is 2.21. The van der Waals surface area contributed by atoms with Gasteiger partial charge in [-0.3, -0.25) is 0 Å². The predicted octanol–water partition coefficient (Wildman–Crippen LogP) is 8.95. The van der Waals surface area contributed by atoms with Crippen molar-refractivity contribution in [3.8, 4) is 5.75 Å². The summed E-state index contributed by atoms with van der Waals surface area (Å²) >= 11 is 0. The summed E-state index contributed by atoms with van der Waals surface area (Å²) in [5.41, 5.74) is 6.47. The minimum absolute atomic E-state index is 0.0111. The van der Waals surface area contributed by atoms with Crippen LogP contribution >= 0.6 is 0 Å². The van der Waals surface area contributed by atoms with Crippen molar-refractivity contribution in [3.05, 3.63) is 125 Å². The van der Waals surface area contributed by atoms with Gasteiger partial charge in [0.05, 0.1) is 4.90 Å². The number of benzene rings is 4. The van der Waals surface area contributed by atoms with Gasteiger partial charge in [-0.05, 0) is 79.6 Å². The number of hydrogen-bond acceptors (Lipinski definition) is 3. The van der Waals surface area contributed by atoms with Gasteiger partial charge < -0.3 is 5.11 Å². The first-order valence-corrected chi connectivity index (χ1v) is 15.6. The first kappa shape index (κ1) is 28.6. The van der Waals surface area contributed by atoms with Crippen molar-refractivity contribution < 1.29 is 13.5 Å². The van der Waals surface area contributed by atoms with Crippen LogP contribution in [-0.4, -0.2) is 13.5 Å². The molecule has 0 spiro atoms. The summed E-state index contributed by atoms with van der Waals surface area (Å²) < 4.78 is 26.0. The molecule has 0 aliphatic rings. The number of phenolic OH excluding ortho intramolecular Hbond substituents is 1. The zero-order valence-corrected chi connectivity index (χ0v) is 24.0. The summed E-state index contributed by atoms with van der Waals surface area (Å²) in [6.45, 7) is 4.39. The van der Waals surface area contributed by atoms with Crippen LogP contribution in [0.4, 0.5) is 0 Å². The maximum Gasteiger partial charge on any atom is 0.210 e. The van der Waals surface area contributed by atoms with E-state index in [0.717, 1.165) is 31.2 Å². The smallest absolute Gasteiger partial charge is 0.210 e. The topological polar surface area (TPSA) is 54.4 Å². The largest absolute Gasteiger partial charge is 0.507 e. The fourth-order valence-electron chi connectivity index (χ4n) is 5.36. The fraction of sp³-hybridized carbons (Fsp3) is 0.314. The molecule has 0 aliphatic carbocycles. The van der Waals surface area contributed by atoms with Crippen LogP contribution in [0.25, 0.3) is 0 Å². The van der Waals surface area contributed by atoms with E-state index in [1.807, 2.05) is 6.07 Å². The SMILES string of the molecule is Cc1ccc(C)c(C(CCCCCCCCc2ccc(O)c(S(=O)(=O)c3ccccc3)c2)c2ccccc2)c1. The summed E-state index contributed by atoms with van der Waals surface area (Å²) in [7, 11) is -3.74. The van der Waals surface area contributed by atoms with Gasteiger partial charge >= 0.3 is 0 Å². The van der Waals surface area contributed by atoms with Crippen LogP contribution < -0.4 is 0 Å². The van der Waals surface area contributed by atoms with Crippen LogP contribution in [0, 0.1) is 13.8 Å². The third kappa shape index (κ3) is 7.60. The Morgan fingerprint density at radius 3 is 2.05 bits per heavy atom. The molecule has 4 aromatic carbocycles. The zero-order chi connectivity index (χ0) is 27.7. The van der Waals surface area contributed by atoms with Crippen molar-refractivity contribution in [1.29, 1.82) is 0 Å². The number of aryl methyl sites for hydroxylation is 3. The second-order valence-electron chi connectivity index (χ2n) is 10.6. The molecule has 1 N–H and O–H groups in total. The molecule has 39 heavy (non-hydrogen) atoms. The standard InChI is InChI=1S/C35H40O3S/c1-27-21-22-28(2)33(25-27)32(30-16-10-7-11-17-30)20-14-6-4-3-5-9-15-29-23-24-34(36)35(26-29)39(37,38)31-18-12-8-13-19-31/h7-8,10-13,16-19,21-26,32,36H,3-6,9,14-15,20H2,1-2H3. The quantitative estimate of drug-likeness (QED) is 0.172. The van der Waals surface area contributed by atoms with Crippen LogP contribution in [0.2, 0.25) is 0 Å². The van der Waals surface area contributed by atoms with Crippen LogP contribution in [0.5, 0.6) is 5.75 Å². The Hall–Kier alpha value is -3.37. The molecular formula is C35H40O3S. The van der Waals surface area contributed by atoms with Crippen molar-refractivity contribution in [2.75, 3.05) is 0 Å². The average molecular weight is 541 g/mol. The molecule has 0 saturated heterocycles. The number of rotatable bonds is 13. The molecule has 0 radical (unpaired) electrons. The Morgan fingerprint density at radius 2 is 1.33 bits per heavy atom. The third-order valence-electron chi connectivity index (χ3n) is 7.59. The second-order valence-corrected chi connectivity index (χ2v) is 12.5. The maximum atomic E-state index is 13.0. The van der Waals surface area contributed by atoms with E-state index in [4.69, 9.17) is 0 Å². The predicted molar refractivity (Wildman–Crippen MR) is 160 cm³/mol. The molecule has 0 amide bonds. The number of hydrogen-bond donors (Lipinski definition) is 1. The molecule has 4 rings (SSSR count). The van der Waals surface area contributed by atoms with Crippen molar-refractivity contribution >= 4 is 9.84 Å². The number of phenols is 1. The normalized spacial score (nSPS) is 12.4. The highest BCUT2D eigenvalue weighted by Crippen LogP contribution is 2.33. The number of sulfone groups is 1. The van der Waals surface area contributed by atoms with Gasteiger partial charge in [0.25, 0.3) is 0 Å². The number of unbranched alkanes of at least 4 members (excludes halogenated alkanes) is 5. The summed E-state index contributed by atoms with van der Waals surface area (Å²) in [4.78, 5) is 0.188. The van der Waals surface area contributed by atoms with E-state index in [0.29, 0.717) is 5.92 Å². The Morgan fingerprint density at radius 1 is 0.692 bits per heavy atom. The van der Waals surface area contributed by atoms with Crippen molar-refractivity contribution in [3.63, 3.8) is 0 Å². The lowest BCUT2D eigenvalue weighted by Crippen LogP contribution is -2.04. The molecular weight excluding hydrogens is 500 g/mol. The Balaban J connectivity index is 1.25. The molecule has 3 nitrogen and oxygen atoms in total. The third-order valence-corrected chi connectivity index (χ3v) is 9.39. The minimum atomic E-state index is -3.74. The van der Waals surface area contributed by atoms with E-state index in [-0.39, 0.29) is 15.5 Å². The maximum absolute atomic E-state index is 13.0. The number of aromatic hydroxyl groups is 1. The van der Waals surface area contributed by atoms with Crippen molar-refractivity contribution in [2.24, 2.45) is 0 Å². The summed E-state index contributed by atoms with van der Waals surface area (Å²) in [5, 5.41) is 10.3. The molecule has 0 bridgehead atoms. The van der Waals surface area contributed by atoms with Gasteiger partial charge in [-0.25, -0.2) is 8.42 Å². The van der Waals surface area contributed by atoms with Crippen molar-refractivity contribution in [1.82, 2.24) is 0 Å². The van der Waals surface area contributed by atoms with Crippen LogP contribution in [0.1, 0.15) is 78.7 Å². The van der Waals surface area contributed by atoms with Gasteiger partial charge in [-0.15, -0.1) is 0 Å². The lowest BCUT2D eigenvalue weighted by atomic mass is 9.84. The Bertz CT molecular complexity index is 1440. The second kappa shape index (κ2) is 13.6. The molecule has 0 heterocycles. The van der Waals surface area contributed by atoms with E-state index in [9.17, 15) is 13.5 Å². The van der Waals surface area contributed by atoms with Gasteiger partial charge in [-0.2, -0.15) is 0 Å². The summed E-state index contributed by atoms with van der Waals surface area (Å²) in [6, 6.07) is 30.9. The molecule has 1 unspecified atom stereocenters. The van der Waals surface area contributed by atoms with Crippen molar-refractivity contribution in [2.45, 2.75) is 80.9 Å². The molecule has 0 aliphatic heterocycles. The first-order chi connectivity index (χ1) is 18.9. The van der Waals surface area contributed by atoms with E-state index < -0.39 is 9.84 Å². The highest BCUT2D eigenvalue weighted by atomic mass is 32.2. The van der Waals surface area contributed by atoms with Crippen LogP contribution in [-0.2, 0) is 16.3 Å². The monoisotopic (exact) mass is 540 g/mol. The Kier molecular flexibility index (Phi) is 10.00. The van der Waals surface area contributed by atoms with E-state index in [1.54, 1.807) is 36.4 Å². The van der Waals surface area contributed by atoms with Gasteiger partial charge in [0.15, 0.2) is 0 Å². The highest BCUT2D eigenvalue weighted by molar-refractivity contribution is 7.91. The van der Waals surface area contributed by atoms with E-state index in [2.05, 4.69) is 62.4 Å². The average Bonchev–Trinajstić information content (AvgIpc) is 2.95. The molecule has 1 atom stereocenters. The minimum Gasteiger partial charge on any atom is -0.507 e.